The van der Waals surface area contributed by atoms with Crippen LogP contribution >= 0.6 is 11.8 Å². The van der Waals surface area contributed by atoms with E-state index >= 15 is 0 Å². The van der Waals surface area contributed by atoms with Crippen molar-refractivity contribution in [3.8, 4) is 5.75 Å². The number of hydrogen-bond donors (Lipinski definition) is 0. The highest BCUT2D eigenvalue weighted by Crippen LogP contribution is 2.34. The van der Waals surface area contributed by atoms with Gasteiger partial charge in [0.05, 0.1) is 11.4 Å². The molecule has 6 heteroatoms. The minimum atomic E-state index is -0.479. The molecule has 1 saturated heterocycles. The first-order chi connectivity index (χ1) is 13.1. The lowest BCUT2D eigenvalue weighted by Crippen LogP contribution is -2.33. The van der Waals surface area contributed by atoms with Gasteiger partial charge in [0.2, 0.25) is 0 Å². The number of Topliss-reactive ketones (excluding diaryl/α,β-unsaturated/α-hetero) is 1. The molecule has 2 aromatic carbocycles. The van der Waals surface area contributed by atoms with E-state index in [1.165, 1.54) is 0 Å². The standard InChI is InChI=1S/C21H17NO4S/c1-2-12-26-18-11-7-6-10-16(18)13-19-20(24)22(21(25)27-19)14-17(23)15-8-4-3-5-9-15/h2-11,13H,1,12,14H2/b19-13-. The van der Waals surface area contributed by atoms with Crippen LogP contribution < -0.4 is 4.74 Å². The van der Waals surface area contributed by atoms with Gasteiger partial charge in [0.25, 0.3) is 11.1 Å². The van der Waals surface area contributed by atoms with Gasteiger partial charge in [-0.15, -0.1) is 0 Å². The van der Waals surface area contributed by atoms with Crippen molar-refractivity contribution in [1.29, 1.82) is 0 Å². The Morgan fingerprint density at radius 1 is 1.07 bits per heavy atom. The highest BCUT2D eigenvalue weighted by molar-refractivity contribution is 8.18. The smallest absolute Gasteiger partial charge is 0.293 e. The van der Waals surface area contributed by atoms with Crippen molar-refractivity contribution < 1.29 is 19.1 Å². The fraction of sp³-hybridized carbons (Fsp3) is 0.0952. The highest BCUT2D eigenvalue weighted by Gasteiger charge is 2.36. The van der Waals surface area contributed by atoms with Crippen LogP contribution in [0.4, 0.5) is 4.79 Å². The van der Waals surface area contributed by atoms with E-state index in [9.17, 15) is 14.4 Å². The molecule has 3 rings (SSSR count). The Hall–Kier alpha value is -3.12. The fourth-order valence-corrected chi connectivity index (χ4v) is 3.35. The maximum Gasteiger partial charge on any atom is 0.293 e. The zero-order valence-corrected chi connectivity index (χ0v) is 15.3. The lowest BCUT2D eigenvalue weighted by molar-refractivity contribution is -0.122. The number of nitrogens with zero attached hydrogens (tertiary/aromatic N) is 1. The van der Waals surface area contributed by atoms with Crippen LogP contribution in [0.1, 0.15) is 15.9 Å². The van der Waals surface area contributed by atoms with Crippen LogP contribution in [0.15, 0.2) is 72.2 Å². The molecule has 1 aliphatic rings. The third-order valence-corrected chi connectivity index (χ3v) is 4.74. The summed E-state index contributed by atoms with van der Waals surface area (Å²) in [6, 6.07) is 15.8. The Labute approximate surface area is 161 Å². The van der Waals surface area contributed by atoms with E-state index in [0.29, 0.717) is 23.5 Å². The minimum Gasteiger partial charge on any atom is -0.489 e. The van der Waals surface area contributed by atoms with Crippen LogP contribution in [0, 0.1) is 0 Å². The maximum atomic E-state index is 12.6. The number of ketones is 1. The zero-order chi connectivity index (χ0) is 19.2. The largest absolute Gasteiger partial charge is 0.489 e. The first-order valence-electron chi connectivity index (χ1n) is 8.26. The van der Waals surface area contributed by atoms with E-state index in [-0.39, 0.29) is 17.2 Å². The second kappa shape index (κ2) is 8.51. The molecule has 0 atom stereocenters. The predicted octanol–water partition coefficient (Wildman–Crippen LogP) is 4.17. The Bertz CT molecular complexity index is 921. The molecule has 27 heavy (non-hydrogen) atoms. The Morgan fingerprint density at radius 2 is 1.78 bits per heavy atom. The van der Waals surface area contributed by atoms with Gasteiger partial charge < -0.3 is 4.74 Å². The van der Waals surface area contributed by atoms with Crippen LogP contribution in [0.25, 0.3) is 6.08 Å². The number of ether oxygens (including phenoxy) is 1. The van der Waals surface area contributed by atoms with E-state index in [1.54, 1.807) is 54.6 Å². The van der Waals surface area contributed by atoms with Crippen molar-refractivity contribution in [2.24, 2.45) is 0 Å². The summed E-state index contributed by atoms with van der Waals surface area (Å²) in [7, 11) is 0. The van der Waals surface area contributed by atoms with E-state index in [1.807, 2.05) is 12.1 Å². The van der Waals surface area contributed by atoms with Gasteiger partial charge in [-0.2, -0.15) is 0 Å². The van der Waals surface area contributed by atoms with Crippen molar-refractivity contribution >= 4 is 34.8 Å². The summed E-state index contributed by atoms with van der Waals surface area (Å²) in [6.07, 6.45) is 3.23. The molecule has 1 aliphatic heterocycles. The lowest BCUT2D eigenvalue weighted by atomic mass is 10.1. The summed E-state index contributed by atoms with van der Waals surface area (Å²) in [5.41, 5.74) is 1.14. The topological polar surface area (TPSA) is 63.7 Å². The molecule has 2 aromatic rings. The molecule has 1 fully saturated rings. The number of benzene rings is 2. The SMILES string of the molecule is C=CCOc1ccccc1/C=C1\SC(=O)N(CC(=O)c2ccccc2)C1=O. The van der Waals surface area contributed by atoms with Gasteiger partial charge in [-0.3, -0.25) is 19.3 Å². The molecule has 0 aromatic heterocycles. The lowest BCUT2D eigenvalue weighted by Gasteiger charge is -2.11. The van der Waals surface area contributed by atoms with Crippen LogP contribution in [0.2, 0.25) is 0 Å². The number of carbonyl (C=O) groups is 3. The maximum absolute atomic E-state index is 12.6. The Kier molecular flexibility index (Phi) is 5.88. The molecular weight excluding hydrogens is 362 g/mol. The highest BCUT2D eigenvalue weighted by atomic mass is 32.2. The van der Waals surface area contributed by atoms with Gasteiger partial charge in [0.15, 0.2) is 5.78 Å². The number of carbonyl (C=O) groups excluding carboxylic acids is 3. The number of para-hydroxylation sites is 1. The normalized spacial score (nSPS) is 15.3. The van der Waals surface area contributed by atoms with Gasteiger partial charge in [0, 0.05) is 11.1 Å². The molecule has 0 unspecified atom stereocenters. The van der Waals surface area contributed by atoms with E-state index < -0.39 is 11.1 Å². The van der Waals surface area contributed by atoms with Crippen LogP contribution in [-0.4, -0.2) is 35.0 Å². The summed E-state index contributed by atoms with van der Waals surface area (Å²) >= 11 is 0.817. The average molecular weight is 379 g/mol. The predicted molar refractivity (Wildman–Crippen MR) is 106 cm³/mol. The molecular formula is C21H17NO4S. The third-order valence-electron chi connectivity index (χ3n) is 3.83. The number of rotatable bonds is 7. The summed E-state index contributed by atoms with van der Waals surface area (Å²) in [4.78, 5) is 38.4. The van der Waals surface area contributed by atoms with Crippen LogP contribution in [0.3, 0.4) is 0 Å². The van der Waals surface area contributed by atoms with Gasteiger partial charge in [-0.1, -0.05) is 61.2 Å². The molecule has 0 bridgehead atoms. The Balaban J connectivity index is 1.79. The fourth-order valence-electron chi connectivity index (χ4n) is 2.52. The average Bonchev–Trinajstić information content (AvgIpc) is 2.95. The van der Waals surface area contributed by atoms with E-state index in [2.05, 4.69) is 6.58 Å². The molecule has 0 radical (unpaired) electrons. The second-order valence-corrected chi connectivity index (χ2v) is 6.69. The molecule has 0 saturated carbocycles. The van der Waals surface area contributed by atoms with Crippen molar-refractivity contribution in [2.45, 2.75) is 0 Å². The van der Waals surface area contributed by atoms with Gasteiger partial charge in [0.1, 0.15) is 12.4 Å². The molecule has 0 spiro atoms. The van der Waals surface area contributed by atoms with Crippen molar-refractivity contribution in [3.05, 3.63) is 83.3 Å². The summed E-state index contributed by atoms with van der Waals surface area (Å²) in [5.74, 6) is -0.175. The van der Waals surface area contributed by atoms with Crippen molar-refractivity contribution in [1.82, 2.24) is 4.90 Å². The number of imide groups is 1. The molecule has 0 N–H and O–H groups in total. The quantitative estimate of drug-likeness (QED) is 0.410. The second-order valence-electron chi connectivity index (χ2n) is 5.69. The molecule has 136 valence electrons. The van der Waals surface area contributed by atoms with Gasteiger partial charge in [-0.25, -0.2) is 0 Å². The Morgan fingerprint density at radius 3 is 2.52 bits per heavy atom. The molecule has 5 nitrogen and oxygen atoms in total. The molecule has 1 heterocycles. The van der Waals surface area contributed by atoms with Gasteiger partial charge in [-0.05, 0) is 23.9 Å². The van der Waals surface area contributed by atoms with Crippen LogP contribution in [0.5, 0.6) is 5.75 Å². The first kappa shape index (κ1) is 18.7. The first-order valence-corrected chi connectivity index (χ1v) is 9.08. The number of amides is 2. The third kappa shape index (κ3) is 4.35. The summed E-state index contributed by atoms with van der Waals surface area (Å²) in [5, 5.41) is -0.458. The van der Waals surface area contributed by atoms with Crippen LogP contribution in [-0.2, 0) is 4.79 Å². The number of hydrogen-bond acceptors (Lipinski definition) is 5. The summed E-state index contributed by atoms with van der Waals surface area (Å²) < 4.78 is 5.57. The molecule has 2 amide bonds. The van der Waals surface area contributed by atoms with Crippen molar-refractivity contribution in [3.63, 3.8) is 0 Å². The van der Waals surface area contributed by atoms with Gasteiger partial charge >= 0.3 is 0 Å². The van der Waals surface area contributed by atoms with E-state index in [4.69, 9.17) is 4.74 Å². The molecule has 0 aliphatic carbocycles. The minimum absolute atomic E-state index is 0.260. The number of thioether (sulfide) groups is 1. The van der Waals surface area contributed by atoms with Crippen molar-refractivity contribution in [2.75, 3.05) is 13.2 Å². The van der Waals surface area contributed by atoms with E-state index in [0.717, 1.165) is 16.7 Å². The zero-order valence-electron chi connectivity index (χ0n) is 14.5. The summed E-state index contributed by atoms with van der Waals surface area (Å²) in [6.45, 7) is 3.67. The monoisotopic (exact) mass is 379 g/mol.